The molecule has 0 bridgehead atoms. The normalized spacial score (nSPS) is 15.8. The number of hydrogen-bond donors (Lipinski definition) is 0. The number of benzene rings is 1. The molecule has 0 N–H and O–H groups in total. The first-order valence-corrected chi connectivity index (χ1v) is 8.09. The van der Waals surface area contributed by atoms with Crippen LogP contribution in [0, 0.1) is 0 Å². The Kier molecular flexibility index (Phi) is 3.93. The molecule has 5 heteroatoms. The fraction of sp³-hybridized carbons (Fsp3) is 0.357. The van der Waals surface area contributed by atoms with Crippen molar-refractivity contribution >= 4 is 37.5 Å². The Hall–Kier alpha value is -0.810. The van der Waals surface area contributed by atoms with E-state index in [0.717, 1.165) is 28.0 Å². The van der Waals surface area contributed by atoms with E-state index in [1.165, 1.54) is 24.9 Å². The van der Waals surface area contributed by atoms with E-state index in [1.54, 1.807) is 0 Å². The Balaban J connectivity index is 1.93. The van der Waals surface area contributed by atoms with Crippen molar-refractivity contribution in [1.82, 2.24) is 9.78 Å². The monoisotopic (exact) mass is 383 g/mol. The second kappa shape index (κ2) is 5.67. The summed E-state index contributed by atoms with van der Waals surface area (Å²) in [7, 11) is 0. The summed E-state index contributed by atoms with van der Waals surface area (Å²) in [5, 5.41) is 4.43. The molecule has 0 spiro atoms. The molecule has 19 heavy (non-hydrogen) atoms. The second-order valence-corrected chi connectivity index (χ2v) is 6.39. The van der Waals surface area contributed by atoms with Gasteiger partial charge in [-0.05, 0) is 69.3 Å². The lowest BCUT2D eigenvalue weighted by molar-refractivity contribution is 0.577. The zero-order valence-corrected chi connectivity index (χ0v) is 13.7. The zero-order valence-electron chi connectivity index (χ0n) is 10.5. The van der Waals surface area contributed by atoms with Crippen LogP contribution in [-0.2, 0) is 0 Å². The highest BCUT2D eigenvalue weighted by Gasteiger charge is 2.12. The molecule has 1 aliphatic heterocycles. The highest BCUT2D eigenvalue weighted by atomic mass is 79.9. The van der Waals surface area contributed by atoms with E-state index in [-0.39, 0.29) is 0 Å². The predicted molar refractivity (Wildman–Crippen MR) is 85.0 cm³/mol. The number of nitrogens with zero attached hydrogens (tertiary/aromatic N) is 3. The highest BCUT2D eigenvalue weighted by molar-refractivity contribution is 9.11. The molecule has 0 radical (unpaired) electrons. The molecule has 1 aromatic carbocycles. The fourth-order valence-electron chi connectivity index (χ4n) is 2.49. The molecule has 0 amide bonds. The summed E-state index contributed by atoms with van der Waals surface area (Å²) in [6, 6.07) is 10.5. The van der Waals surface area contributed by atoms with E-state index in [9.17, 15) is 0 Å². The first kappa shape index (κ1) is 13.2. The molecule has 0 aliphatic carbocycles. The highest BCUT2D eigenvalue weighted by Crippen LogP contribution is 2.25. The molecule has 2 aromatic rings. The van der Waals surface area contributed by atoms with Crippen LogP contribution in [0.2, 0.25) is 0 Å². The number of anilines is 1. The van der Waals surface area contributed by atoms with Crippen molar-refractivity contribution in [2.45, 2.75) is 19.3 Å². The number of halogens is 2. The summed E-state index contributed by atoms with van der Waals surface area (Å²) in [4.78, 5) is 2.46. The van der Waals surface area contributed by atoms with Crippen molar-refractivity contribution in [3.05, 3.63) is 39.5 Å². The summed E-state index contributed by atoms with van der Waals surface area (Å²) in [6.45, 7) is 2.32. The summed E-state index contributed by atoms with van der Waals surface area (Å²) in [5.41, 5.74) is 2.37. The Morgan fingerprint density at radius 2 is 1.68 bits per heavy atom. The zero-order chi connectivity index (χ0) is 13.2. The lowest BCUT2D eigenvalue weighted by Crippen LogP contribution is -2.29. The minimum absolute atomic E-state index is 0.836. The van der Waals surface area contributed by atoms with Crippen LogP contribution in [-0.4, -0.2) is 22.9 Å². The van der Waals surface area contributed by atoms with Gasteiger partial charge in [0.15, 0.2) is 0 Å². The molecule has 1 saturated heterocycles. The molecular formula is C14H15Br2N3. The van der Waals surface area contributed by atoms with Crippen molar-refractivity contribution < 1.29 is 0 Å². The summed E-state index contributed by atoms with van der Waals surface area (Å²) in [5.74, 6) is 0. The minimum Gasteiger partial charge on any atom is -0.371 e. The van der Waals surface area contributed by atoms with Crippen LogP contribution in [0.5, 0.6) is 0 Å². The van der Waals surface area contributed by atoms with Crippen molar-refractivity contribution in [1.29, 1.82) is 0 Å². The van der Waals surface area contributed by atoms with Gasteiger partial charge in [0.2, 0.25) is 0 Å². The average molecular weight is 385 g/mol. The standard InChI is InChI=1S/C14H15Br2N3/c15-13-10-14(16)19(17-13)12-6-4-5-11(9-12)18-7-2-1-3-8-18/h4-6,9-10H,1-3,7-8H2. The maximum absolute atomic E-state index is 4.43. The Morgan fingerprint density at radius 3 is 2.37 bits per heavy atom. The fourth-order valence-corrected chi connectivity index (χ4v) is 3.67. The Morgan fingerprint density at radius 1 is 0.947 bits per heavy atom. The second-order valence-electron chi connectivity index (χ2n) is 4.77. The van der Waals surface area contributed by atoms with Gasteiger partial charge in [-0.25, -0.2) is 4.68 Å². The van der Waals surface area contributed by atoms with Crippen molar-refractivity contribution in [3.8, 4) is 5.69 Å². The Bertz CT molecular complexity index is 574. The van der Waals surface area contributed by atoms with Crippen LogP contribution in [0.1, 0.15) is 19.3 Å². The van der Waals surface area contributed by atoms with Gasteiger partial charge < -0.3 is 4.90 Å². The van der Waals surface area contributed by atoms with E-state index in [4.69, 9.17) is 0 Å². The van der Waals surface area contributed by atoms with Crippen molar-refractivity contribution in [2.24, 2.45) is 0 Å². The van der Waals surface area contributed by atoms with Crippen LogP contribution in [0.4, 0.5) is 5.69 Å². The topological polar surface area (TPSA) is 21.1 Å². The first-order valence-electron chi connectivity index (χ1n) is 6.50. The van der Waals surface area contributed by atoms with Gasteiger partial charge >= 0.3 is 0 Å². The molecule has 100 valence electrons. The summed E-state index contributed by atoms with van der Waals surface area (Å²) in [6.07, 6.45) is 3.94. The van der Waals surface area contributed by atoms with Crippen molar-refractivity contribution in [3.63, 3.8) is 0 Å². The third-order valence-corrected chi connectivity index (χ3v) is 4.38. The van der Waals surface area contributed by atoms with E-state index < -0.39 is 0 Å². The van der Waals surface area contributed by atoms with Gasteiger partial charge in [-0.1, -0.05) is 6.07 Å². The third-order valence-electron chi connectivity index (χ3n) is 3.43. The van der Waals surface area contributed by atoms with Crippen LogP contribution in [0.3, 0.4) is 0 Å². The molecule has 1 fully saturated rings. The lowest BCUT2D eigenvalue weighted by Gasteiger charge is -2.29. The summed E-state index contributed by atoms with van der Waals surface area (Å²) >= 11 is 6.93. The van der Waals surface area contributed by atoms with Gasteiger partial charge in [-0.15, -0.1) is 0 Å². The lowest BCUT2D eigenvalue weighted by atomic mass is 10.1. The number of aromatic nitrogens is 2. The molecule has 2 heterocycles. The number of hydrogen-bond acceptors (Lipinski definition) is 2. The molecule has 0 saturated carbocycles. The largest absolute Gasteiger partial charge is 0.371 e. The smallest absolute Gasteiger partial charge is 0.129 e. The predicted octanol–water partition coefficient (Wildman–Crippen LogP) is 4.39. The first-order chi connectivity index (χ1) is 9.24. The van der Waals surface area contributed by atoms with Gasteiger partial charge in [-0.3, -0.25) is 0 Å². The van der Waals surface area contributed by atoms with Crippen LogP contribution in [0.25, 0.3) is 5.69 Å². The number of rotatable bonds is 2. The third kappa shape index (κ3) is 2.87. The van der Waals surface area contributed by atoms with Crippen LogP contribution in [0.15, 0.2) is 39.5 Å². The van der Waals surface area contributed by atoms with E-state index in [1.807, 2.05) is 10.7 Å². The Labute approximate surface area is 129 Å². The minimum atomic E-state index is 0.836. The van der Waals surface area contributed by atoms with Gasteiger partial charge in [-0.2, -0.15) is 5.10 Å². The maximum atomic E-state index is 4.43. The molecule has 0 unspecified atom stereocenters. The molecular weight excluding hydrogens is 370 g/mol. The average Bonchev–Trinajstić information content (AvgIpc) is 2.79. The SMILES string of the molecule is Brc1cc(Br)n(-c2cccc(N3CCCCC3)c2)n1. The quantitative estimate of drug-likeness (QED) is 0.765. The van der Waals surface area contributed by atoms with Crippen LogP contribution < -0.4 is 4.90 Å². The van der Waals surface area contributed by atoms with E-state index in [2.05, 4.69) is 66.1 Å². The molecule has 3 nitrogen and oxygen atoms in total. The van der Waals surface area contributed by atoms with Crippen LogP contribution >= 0.6 is 31.9 Å². The van der Waals surface area contributed by atoms with E-state index >= 15 is 0 Å². The van der Waals surface area contributed by atoms with Gasteiger partial charge in [0.1, 0.15) is 9.21 Å². The maximum Gasteiger partial charge on any atom is 0.129 e. The number of piperidine rings is 1. The van der Waals surface area contributed by atoms with Crippen molar-refractivity contribution in [2.75, 3.05) is 18.0 Å². The molecule has 1 aliphatic rings. The molecule has 3 rings (SSSR count). The van der Waals surface area contributed by atoms with Gasteiger partial charge in [0.05, 0.1) is 5.69 Å². The van der Waals surface area contributed by atoms with E-state index in [0.29, 0.717) is 0 Å². The summed E-state index contributed by atoms with van der Waals surface area (Å²) < 4.78 is 3.69. The van der Waals surface area contributed by atoms with Gasteiger partial charge in [0.25, 0.3) is 0 Å². The molecule has 1 aromatic heterocycles. The van der Waals surface area contributed by atoms with Gasteiger partial charge in [0, 0.05) is 24.8 Å². The molecule has 0 atom stereocenters.